The number of anilines is 1. The van der Waals surface area contributed by atoms with Crippen molar-refractivity contribution in [1.82, 2.24) is 14.4 Å². The van der Waals surface area contributed by atoms with Crippen molar-refractivity contribution in [3.05, 3.63) is 59.5 Å². The molecule has 0 radical (unpaired) electrons. The van der Waals surface area contributed by atoms with Crippen LogP contribution in [0.2, 0.25) is 5.15 Å². The van der Waals surface area contributed by atoms with E-state index in [1.54, 1.807) is 24.4 Å². The maximum Gasteiger partial charge on any atom is 0.230 e. The number of imidazole rings is 1. The molecule has 0 aliphatic heterocycles. The number of amides is 1. The van der Waals surface area contributed by atoms with Crippen LogP contribution in [0, 0.1) is 5.82 Å². The number of carbonyl (C=O) groups is 1. The van der Waals surface area contributed by atoms with E-state index in [4.69, 9.17) is 11.6 Å². The Kier molecular flexibility index (Phi) is 3.53. The molecule has 0 aromatic carbocycles. The van der Waals surface area contributed by atoms with Gasteiger partial charge in [0.25, 0.3) is 0 Å². The molecule has 0 spiro atoms. The van der Waals surface area contributed by atoms with Crippen LogP contribution in [0.15, 0.2) is 42.9 Å². The number of nitrogens with zero attached hydrogens (tertiary/aromatic N) is 3. The van der Waals surface area contributed by atoms with Gasteiger partial charge in [-0.3, -0.25) is 4.79 Å². The molecule has 1 N–H and O–H groups in total. The van der Waals surface area contributed by atoms with Gasteiger partial charge in [-0.15, -0.1) is 0 Å². The molecule has 1 amide bonds. The zero-order valence-electron chi connectivity index (χ0n) is 10.8. The number of aromatic nitrogens is 3. The van der Waals surface area contributed by atoms with E-state index in [9.17, 15) is 9.18 Å². The van der Waals surface area contributed by atoms with Gasteiger partial charge in [-0.05, 0) is 24.3 Å². The molecule has 0 aliphatic rings. The van der Waals surface area contributed by atoms with Crippen LogP contribution in [-0.4, -0.2) is 20.3 Å². The summed E-state index contributed by atoms with van der Waals surface area (Å²) in [5.41, 5.74) is 1.57. The van der Waals surface area contributed by atoms with Gasteiger partial charge in [0, 0.05) is 18.6 Å². The summed E-state index contributed by atoms with van der Waals surface area (Å²) in [6.07, 6.45) is 4.52. The molecule has 3 aromatic rings. The molecule has 3 heterocycles. The van der Waals surface area contributed by atoms with E-state index in [2.05, 4.69) is 15.3 Å². The van der Waals surface area contributed by atoms with Gasteiger partial charge in [0.05, 0.1) is 17.8 Å². The number of carbonyl (C=O) groups excluding carboxylic acids is 1. The van der Waals surface area contributed by atoms with E-state index in [1.165, 1.54) is 22.9 Å². The van der Waals surface area contributed by atoms with Gasteiger partial charge in [-0.2, -0.15) is 0 Å². The second-order valence-corrected chi connectivity index (χ2v) is 4.77. The van der Waals surface area contributed by atoms with E-state index in [0.29, 0.717) is 17.0 Å². The Bertz CT molecular complexity index is 818. The van der Waals surface area contributed by atoms with Crippen LogP contribution in [0.1, 0.15) is 5.69 Å². The SMILES string of the molecule is O=C(Cc1cn2cc(F)ccc2n1)Nc1cccnc1Cl. The van der Waals surface area contributed by atoms with Gasteiger partial charge in [0.2, 0.25) is 5.91 Å². The lowest BCUT2D eigenvalue weighted by atomic mass is 10.3. The average Bonchev–Trinajstić information content (AvgIpc) is 2.82. The summed E-state index contributed by atoms with van der Waals surface area (Å²) in [4.78, 5) is 20.1. The van der Waals surface area contributed by atoms with E-state index >= 15 is 0 Å². The molecule has 0 fully saturated rings. The molecule has 3 aromatic heterocycles. The maximum absolute atomic E-state index is 13.1. The maximum atomic E-state index is 13.1. The topological polar surface area (TPSA) is 59.3 Å². The van der Waals surface area contributed by atoms with Crippen molar-refractivity contribution in [2.75, 3.05) is 5.32 Å². The van der Waals surface area contributed by atoms with Gasteiger partial charge in [0.1, 0.15) is 11.5 Å². The zero-order chi connectivity index (χ0) is 14.8. The monoisotopic (exact) mass is 304 g/mol. The quantitative estimate of drug-likeness (QED) is 0.757. The Hall–Kier alpha value is -2.47. The van der Waals surface area contributed by atoms with E-state index in [1.807, 2.05) is 0 Å². The van der Waals surface area contributed by atoms with E-state index in [-0.39, 0.29) is 23.3 Å². The minimum absolute atomic E-state index is 0.0640. The third-order valence-corrected chi connectivity index (χ3v) is 3.14. The zero-order valence-corrected chi connectivity index (χ0v) is 11.5. The van der Waals surface area contributed by atoms with Crippen molar-refractivity contribution in [3.8, 4) is 0 Å². The molecule has 21 heavy (non-hydrogen) atoms. The normalized spacial score (nSPS) is 10.8. The molecule has 5 nitrogen and oxygen atoms in total. The van der Waals surface area contributed by atoms with Crippen LogP contribution in [-0.2, 0) is 11.2 Å². The second kappa shape index (κ2) is 5.49. The highest BCUT2D eigenvalue weighted by Crippen LogP contribution is 2.17. The number of hydrogen-bond donors (Lipinski definition) is 1. The summed E-state index contributed by atoms with van der Waals surface area (Å²) in [5.74, 6) is -0.633. The molecule has 7 heteroatoms. The number of fused-ring (bicyclic) bond motifs is 1. The van der Waals surface area contributed by atoms with E-state index in [0.717, 1.165) is 0 Å². The molecule has 106 valence electrons. The Balaban J connectivity index is 1.75. The minimum Gasteiger partial charge on any atom is -0.323 e. The molecule has 0 bridgehead atoms. The largest absolute Gasteiger partial charge is 0.323 e. The third kappa shape index (κ3) is 3.00. The van der Waals surface area contributed by atoms with Crippen LogP contribution in [0.25, 0.3) is 5.65 Å². The second-order valence-electron chi connectivity index (χ2n) is 4.41. The van der Waals surface area contributed by atoms with Crippen molar-refractivity contribution < 1.29 is 9.18 Å². The third-order valence-electron chi connectivity index (χ3n) is 2.84. The predicted octanol–water partition coefficient (Wildman–Crippen LogP) is 2.70. The molecule has 0 atom stereocenters. The first-order chi connectivity index (χ1) is 10.1. The van der Waals surface area contributed by atoms with Gasteiger partial charge in [-0.1, -0.05) is 11.6 Å². The standard InChI is InChI=1S/C14H10ClFN4O/c15-14-11(2-1-5-17-14)19-13(21)6-10-8-20-7-9(16)3-4-12(20)18-10/h1-5,7-8H,6H2,(H,19,21). The lowest BCUT2D eigenvalue weighted by Gasteiger charge is -2.04. The van der Waals surface area contributed by atoms with Crippen molar-refractivity contribution in [1.29, 1.82) is 0 Å². The van der Waals surface area contributed by atoms with Crippen molar-refractivity contribution in [2.45, 2.75) is 6.42 Å². The highest BCUT2D eigenvalue weighted by Gasteiger charge is 2.10. The fourth-order valence-corrected chi connectivity index (χ4v) is 2.11. The highest BCUT2D eigenvalue weighted by atomic mass is 35.5. The van der Waals surface area contributed by atoms with Crippen molar-refractivity contribution in [3.63, 3.8) is 0 Å². The predicted molar refractivity (Wildman–Crippen MR) is 76.7 cm³/mol. The molecule has 0 unspecified atom stereocenters. The van der Waals surface area contributed by atoms with Gasteiger partial charge < -0.3 is 9.72 Å². The van der Waals surface area contributed by atoms with Crippen molar-refractivity contribution >= 4 is 28.8 Å². The van der Waals surface area contributed by atoms with E-state index < -0.39 is 0 Å². The molecule has 3 rings (SSSR count). The summed E-state index contributed by atoms with van der Waals surface area (Å²) in [7, 11) is 0. The number of hydrogen-bond acceptors (Lipinski definition) is 3. The Morgan fingerprint density at radius 1 is 1.33 bits per heavy atom. The summed E-state index contributed by atoms with van der Waals surface area (Å²) in [6.45, 7) is 0. The minimum atomic E-state index is -0.363. The number of nitrogens with one attached hydrogen (secondary N) is 1. The highest BCUT2D eigenvalue weighted by molar-refractivity contribution is 6.32. The fraction of sp³-hybridized carbons (Fsp3) is 0.0714. The Morgan fingerprint density at radius 2 is 2.19 bits per heavy atom. The molecule has 0 saturated heterocycles. The molecule has 0 saturated carbocycles. The summed E-state index contributed by atoms with van der Waals surface area (Å²) in [5, 5.41) is 2.88. The molecule has 0 aliphatic carbocycles. The first-order valence-corrected chi connectivity index (χ1v) is 6.53. The number of halogens is 2. The van der Waals surface area contributed by atoms with Gasteiger partial charge in [-0.25, -0.2) is 14.4 Å². The van der Waals surface area contributed by atoms with Crippen molar-refractivity contribution in [2.24, 2.45) is 0 Å². The Labute approximate surface area is 124 Å². The fourth-order valence-electron chi connectivity index (χ4n) is 1.94. The summed E-state index contributed by atoms with van der Waals surface area (Å²) < 4.78 is 14.6. The number of pyridine rings is 2. The first kappa shape index (κ1) is 13.5. The van der Waals surface area contributed by atoms with Gasteiger partial charge in [0.15, 0.2) is 5.15 Å². The summed E-state index contributed by atoms with van der Waals surface area (Å²) >= 11 is 5.87. The van der Waals surface area contributed by atoms with Gasteiger partial charge >= 0.3 is 0 Å². The lowest BCUT2D eigenvalue weighted by molar-refractivity contribution is -0.115. The molecular formula is C14H10ClFN4O. The van der Waals surface area contributed by atoms with Crippen LogP contribution < -0.4 is 5.32 Å². The Morgan fingerprint density at radius 3 is 3.00 bits per heavy atom. The smallest absolute Gasteiger partial charge is 0.230 e. The lowest BCUT2D eigenvalue weighted by Crippen LogP contribution is -2.15. The van der Waals surface area contributed by atoms with Crippen LogP contribution in [0.4, 0.5) is 10.1 Å². The van der Waals surface area contributed by atoms with Crippen LogP contribution in [0.5, 0.6) is 0 Å². The average molecular weight is 305 g/mol. The first-order valence-electron chi connectivity index (χ1n) is 6.15. The summed E-state index contributed by atoms with van der Waals surface area (Å²) in [6, 6.07) is 6.21. The number of rotatable bonds is 3. The van der Waals surface area contributed by atoms with Crippen LogP contribution >= 0.6 is 11.6 Å². The van der Waals surface area contributed by atoms with Crippen LogP contribution in [0.3, 0.4) is 0 Å². The molecular weight excluding hydrogens is 295 g/mol.